The van der Waals surface area contributed by atoms with Gasteiger partial charge < -0.3 is 15.0 Å². The number of hydrogen-bond donors (Lipinski definition) is 1. The van der Waals surface area contributed by atoms with Crippen molar-refractivity contribution in [3.05, 3.63) is 97.8 Å². The van der Waals surface area contributed by atoms with Gasteiger partial charge in [0, 0.05) is 16.2 Å². The van der Waals surface area contributed by atoms with Crippen molar-refractivity contribution >= 4 is 61.3 Å². The lowest BCUT2D eigenvalue weighted by Gasteiger charge is -2.39. The van der Waals surface area contributed by atoms with Crippen LogP contribution < -0.4 is 10.1 Å². The van der Waals surface area contributed by atoms with Crippen molar-refractivity contribution in [3.8, 4) is 5.75 Å². The van der Waals surface area contributed by atoms with Crippen LogP contribution in [0.1, 0.15) is 43.7 Å². The van der Waals surface area contributed by atoms with Gasteiger partial charge in [-0.2, -0.15) is 0 Å². The van der Waals surface area contributed by atoms with Crippen molar-refractivity contribution in [2.24, 2.45) is 5.92 Å². The minimum atomic E-state index is -0.122. The normalized spacial score (nSPS) is 22.9. The summed E-state index contributed by atoms with van der Waals surface area (Å²) >= 11 is 8.73. The van der Waals surface area contributed by atoms with Gasteiger partial charge in [0.2, 0.25) is 0 Å². The predicted octanol–water partition coefficient (Wildman–Crippen LogP) is 8.68. The van der Waals surface area contributed by atoms with Crippen LogP contribution in [0.2, 0.25) is 0 Å². The molecule has 2 fully saturated rings. The Morgan fingerprint density at radius 1 is 1.03 bits per heavy atom. The van der Waals surface area contributed by atoms with E-state index in [9.17, 15) is 4.79 Å². The van der Waals surface area contributed by atoms with Crippen molar-refractivity contribution in [1.82, 2.24) is 4.90 Å². The van der Waals surface area contributed by atoms with E-state index < -0.39 is 0 Å². The SMILES string of the molecule is C[C@H]1CCCC[C@H]1N1C(=O)/C(=C/c2ccc(OCc3ccc(Br)cc3)c(Br)c2)SC1Nc1ccccc1. The van der Waals surface area contributed by atoms with Gasteiger partial charge in [-0.15, -0.1) is 0 Å². The number of ether oxygens (including phenoxy) is 1. The summed E-state index contributed by atoms with van der Waals surface area (Å²) in [4.78, 5) is 16.6. The number of thioether (sulfide) groups is 1. The van der Waals surface area contributed by atoms with Crippen molar-refractivity contribution in [2.75, 3.05) is 5.32 Å². The van der Waals surface area contributed by atoms with Gasteiger partial charge in [0.1, 0.15) is 12.4 Å². The lowest BCUT2D eigenvalue weighted by Crippen LogP contribution is -2.48. The van der Waals surface area contributed by atoms with Crippen molar-refractivity contribution in [1.29, 1.82) is 0 Å². The topological polar surface area (TPSA) is 41.6 Å². The summed E-state index contributed by atoms with van der Waals surface area (Å²) in [6.07, 6.45) is 6.66. The molecule has 2 aliphatic rings. The number of rotatable bonds is 7. The smallest absolute Gasteiger partial charge is 0.262 e. The molecule has 37 heavy (non-hydrogen) atoms. The van der Waals surface area contributed by atoms with Crippen LogP contribution in [0.25, 0.3) is 6.08 Å². The summed E-state index contributed by atoms with van der Waals surface area (Å²) in [7, 11) is 0. The van der Waals surface area contributed by atoms with Crippen molar-refractivity contribution < 1.29 is 9.53 Å². The van der Waals surface area contributed by atoms with E-state index in [4.69, 9.17) is 4.74 Å². The second kappa shape index (κ2) is 12.1. The van der Waals surface area contributed by atoms with E-state index in [0.717, 1.165) is 42.8 Å². The van der Waals surface area contributed by atoms with Gasteiger partial charge in [-0.25, -0.2) is 0 Å². The maximum absolute atomic E-state index is 13.7. The molecule has 1 aliphatic carbocycles. The third-order valence-corrected chi connectivity index (χ3v) is 9.25. The highest BCUT2D eigenvalue weighted by Gasteiger charge is 2.42. The van der Waals surface area contributed by atoms with Crippen LogP contribution in [-0.4, -0.2) is 22.3 Å². The summed E-state index contributed by atoms with van der Waals surface area (Å²) < 4.78 is 7.94. The zero-order valence-corrected chi connectivity index (χ0v) is 24.7. The van der Waals surface area contributed by atoms with Crippen LogP contribution in [-0.2, 0) is 11.4 Å². The first kappa shape index (κ1) is 26.4. The van der Waals surface area contributed by atoms with Crippen molar-refractivity contribution in [3.63, 3.8) is 0 Å². The minimum Gasteiger partial charge on any atom is -0.488 e. The molecule has 0 radical (unpaired) electrons. The summed E-state index contributed by atoms with van der Waals surface area (Å²) in [5.74, 6) is 1.38. The average molecular weight is 642 g/mol. The summed E-state index contributed by atoms with van der Waals surface area (Å²) in [5, 5.41) is 3.61. The van der Waals surface area contributed by atoms with E-state index in [0.29, 0.717) is 12.5 Å². The number of hydrogen-bond acceptors (Lipinski definition) is 4. The quantitative estimate of drug-likeness (QED) is 0.262. The van der Waals surface area contributed by atoms with Gasteiger partial charge in [0.05, 0.1) is 9.38 Å². The van der Waals surface area contributed by atoms with Crippen LogP contribution >= 0.6 is 43.6 Å². The number of carbonyl (C=O) groups excluding carboxylic acids is 1. The third-order valence-electron chi connectivity index (χ3n) is 6.99. The fourth-order valence-corrected chi connectivity index (χ4v) is 6.97. The Morgan fingerprint density at radius 3 is 2.51 bits per heavy atom. The summed E-state index contributed by atoms with van der Waals surface area (Å²) in [6.45, 7) is 2.77. The molecular formula is C30H30Br2N2O2S. The summed E-state index contributed by atoms with van der Waals surface area (Å²) in [6, 6.07) is 24.5. The fraction of sp³-hybridized carbons (Fsp3) is 0.300. The maximum atomic E-state index is 13.7. The highest BCUT2D eigenvalue weighted by atomic mass is 79.9. The van der Waals surface area contributed by atoms with Crippen LogP contribution in [0.3, 0.4) is 0 Å². The molecule has 7 heteroatoms. The lowest BCUT2D eigenvalue weighted by molar-refractivity contribution is -0.129. The standard InChI is InChI=1S/C30H30Br2N2O2S/c1-20-7-5-6-10-26(20)34-29(35)28(37-30(34)33-24-8-3-2-4-9-24)18-22-13-16-27(25(32)17-22)36-19-21-11-14-23(31)15-12-21/h2-4,8-9,11-18,20,26,30,33H,5-7,10,19H2,1H3/b28-18-/t20-,26+,30?/m0/s1. The molecule has 1 saturated carbocycles. The Hall–Kier alpha value is -2.22. The van der Waals surface area contributed by atoms with E-state index >= 15 is 0 Å². The number of nitrogens with one attached hydrogen (secondary N) is 1. The van der Waals surface area contributed by atoms with Gasteiger partial charge in [0.25, 0.3) is 5.91 Å². The zero-order chi connectivity index (χ0) is 25.8. The highest BCUT2D eigenvalue weighted by molar-refractivity contribution is 9.10. The number of benzene rings is 3. The second-order valence-corrected chi connectivity index (χ2v) is 12.5. The Bertz CT molecular complexity index is 1270. The fourth-order valence-electron chi connectivity index (χ4n) is 4.98. The molecule has 1 unspecified atom stereocenters. The molecule has 1 saturated heterocycles. The number of carbonyl (C=O) groups is 1. The first-order chi connectivity index (χ1) is 18.0. The average Bonchev–Trinajstić information content (AvgIpc) is 3.19. The first-order valence-corrected chi connectivity index (χ1v) is 15.1. The number of nitrogens with zero attached hydrogens (tertiary/aromatic N) is 1. The minimum absolute atomic E-state index is 0.115. The van der Waals surface area contributed by atoms with Gasteiger partial charge in [-0.05, 0) is 88.3 Å². The van der Waals surface area contributed by atoms with Crippen LogP contribution in [0.5, 0.6) is 5.75 Å². The molecule has 3 aromatic rings. The molecule has 192 valence electrons. The molecule has 1 aliphatic heterocycles. The van der Waals surface area contributed by atoms with Crippen LogP contribution in [0.4, 0.5) is 5.69 Å². The predicted molar refractivity (Wildman–Crippen MR) is 160 cm³/mol. The number of anilines is 1. The van der Waals surface area contributed by atoms with E-state index in [2.05, 4.69) is 61.1 Å². The molecule has 0 aromatic heterocycles. The Labute approximate surface area is 240 Å². The highest BCUT2D eigenvalue weighted by Crippen LogP contribution is 2.42. The first-order valence-electron chi connectivity index (χ1n) is 12.7. The van der Waals surface area contributed by atoms with Crippen LogP contribution in [0, 0.1) is 5.92 Å². The lowest BCUT2D eigenvalue weighted by atomic mass is 9.85. The Morgan fingerprint density at radius 2 is 1.78 bits per heavy atom. The van der Waals surface area contributed by atoms with E-state index in [1.165, 1.54) is 19.3 Å². The van der Waals surface area contributed by atoms with Crippen molar-refractivity contribution in [2.45, 2.75) is 50.8 Å². The van der Waals surface area contributed by atoms with Gasteiger partial charge >= 0.3 is 0 Å². The number of halogens is 2. The molecule has 4 nitrogen and oxygen atoms in total. The molecule has 1 amide bonds. The molecule has 5 rings (SSSR count). The van der Waals surface area contributed by atoms with Gasteiger partial charge in [0.15, 0.2) is 5.50 Å². The number of amides is 1. The number of para-hydroxylation sites is 1. The monoisotopic (exact) mass is 640 g/mol. The van der Waals surface area contributed by atoms with E-state index in [1.807, 2.05) is 66.7 Å². The molecule has 3 atom stereocenters. The zero-order valence-electron chi connectivity index (χ0n) is 20.7. The molecule has 1 heterocycles. The second-order valence-electron chi connectivity index (χ2n) is 9.64. The maximum Gasteiger partial charge on any atom is 0.262 e. The largest absolute Gasteiger partial charge is 0.488 e. The summed E-state index contributed by atoms with van der Waals surface area (Å²) in [5.41, 5.74) is 2.97. The van der Waals surface area contributed by atoms with Gasteiger partial charge in [-0.1, -0.05) is 83.9 Å². The molecule has 3 aromatic carbocycles. The Balaban J connectivity index is 1.34. The molecular weight excluding hydrogens is 612 g/mol. The molecule has 0 bridgehead atoms. The van der Waals surface area contributed by atoms with E-state index in [-0.39, 0.29) is 17.4 Å². The van der Waals surface area contributed by atoms with Gasteiger partial charge in [-0.3, -0.25) is 4.79 Å². The molecule has 0 spiro atoms. The van der Waals surface area contributed by atoms with E-state index in [1.54, 1.807) is 11.8 Å². The third kappa shape index (κ3) is 6.44. The Kier molecular flexibility index (Phi) is 8.63. The van der Waals surface area contributed by atoms with Crippen LogP contribution in [0.15, 0.2) is 86.6 Å². The molecule has 1 N–H and O–H groups in total.